The summed E-state index contributed by atoms with van der Waals surface area (Å²) >= 11 is 0. The van der Waals surface area contributed by atoms with E-state index in [9.17, 15) is 22.0 Å². The van der Waals surface area contributed by atoms with E-state index < -0.39 is 29.2 Å². The topological polar surface area (TPSA) is 0 Å². The SMILES string of the molecule is Fc1cc(C2CCCCC2)ccc1-c1ccc2c(F)c(-c3ccc4c(F)c(C#CC(F)(F)F)c(F)cc4c3)ccc2c1. The van der Waals surface area contributed by atoms with Gasteiger partial charge in [0, 0.05) is 27.8 Å². The summed E-state index contributed by atoms with van der Waals surface area (Å²) in [6, 6.07) is 18.4. The van der Waals surface area contributed by atoms with Gasteiger partial charge in [0.25, 0.3) is 0 Å². The van der Waals surface area contributed by atoms with E-state index >= 15 is 8.78 Å². The highest BCUT2D eigenvalue weighted by molar-refractivity contribution is 5.94. The predicted molar refractivity (Wildman–Crippen MR) is 151 cm³/mol. The predicted octanol–water partition coefficient (Wildman–Crippen LogP) is 10.8. The van der Waals surface area contributed by atoms with E-state index in [-0.39, 0.29) is 27.5 Å². The maximum atomic E-state index is 15.7. The first-order valence-electron chi connectivity index (χ1n) is 13.6. The summed E-state index contributed by atoms with van der Waals surface area (Å²) in [5.74, 6) is -0.593. The fraction of sp³-hybridized carbons (Fsp3) is 0.200. The molecule has 6 rings (SSSR count). The van der Waals surface area contributed by atoms with Crippen molar-refractivity contribution >= 4 is 21.5 Å². The molecular formula is C35H23F7. The van der Waals surface area contributed by atoms with Crippen molar-refractivity contribution < 1.29 is 30.7 Å². The number of halogens is 7. The van der Waals surface area contributed by atoms with Gasteiger partial charge in [0.2, 0.25) is 0 Å². The zero-order chi connectivity index (χ0) is 29.6. The highest BCUT2D eigenvalue weighted by Gasteiger charge is 2.24. The molecule has 0 amide bonds. The first-order valence-corrected chi connectivity index (χ1v) is 13.6. The number of hydrogen-bond acceptors (Lipinski definition) is 0. The minimum atomic E-state index is -4.90. The van der Waals surface area contributed by atoms with Crippen LogP contribution in [-0.4, -0.2) is 6.18 Å². The number of rotatable bonds is 3. The standard InChI is InChI=1S/C35H23F7/c36-31-18-21(20-4-2-1-3-5-20)6-10-26(31)22-7-11-27-23(16-22)8-12-28(33(27)38)24-9-13-29-25(17-24)19-32(37)30(34(29)39)14-15-35(40,41)42/h6-13,16-20H,1-5H2. The minimum absolute atomic E-state index is 0.0436. The number of fused-ring (bicyclic) bond motifs is 2. The maximum absolute atomic E-state index is 15.7. The summed E-state index contributed by atoms with van der Waals surface area (Å²) in [7, 11) is 0. The molecule has 0 bridgehead atoms. The molecule has 0 aromatic heterocycles. The van der Waals surface area contributed by atoms with E-state index in [1.54, 1.807) is 36.4 Å². The van der Waals surface area contributed by atoms with E-state index in [1.165, 1.54) is 36.6 Å². The van der Waals surface area contributed by atoms with Crippen LogP contribution in [0.15, 0.2) is 72.8 Å². The molecule has 7 heteroatoms. The van der Waals surface area contributed by atoms with E-state index in [4.69, 9.17) is 0 Å². The molecule has 0 unspecified atom stereocenters. The maximum Gasteiger partial charge on any atom is 0.458 e. The lowest BCUT2D eigenvalue weighted by molar-refractivity contribution is -0.0696. The van der Waals surface area contributed by atoms with Crippen LogP contribution in [0.4, 0.5) is 30.7 Å². The van der Waals surface area contributed by atoms with Gasteiger partial charge in [0.05, 0.1) is 5.56 Å². The van der Waals surface area contributed by atoms with Crippen molar-refractivity contribution in [3.05, 3.63) is 107 Å². The normalized spacial score (nSPS) is 14.3. The molecule has 0 N–H and O–H groups in total. The molecule has 0 aliphatic heterocycles. The summed E-state index contributed by atoms with van der Waals surface area (Å²) in [4.78, 5) is 0. The van der Waals surface area contributed by atoms with Gasteiger partial charge in [0.1, 0.15) is 23.3 Å². The fourth-order valence-corrected chi connectivity index (χ4v) is 5.88. The quantitative estimate of drug-likeness (QED) is 0.148. The Morgan fingerprint density at radius 3 is 1.93 bits per heavy atom. The molecule has 0 atom stereocenters. The summed E-state index contributed by atoms with van der Waals surface area (Å²) in [5.41, 5.74) is 1.56. The molecule has 5 aromatic rings. The Balaban J connectivity index is 1.34. The van der Waals surface area contributed by atoms with Gasteiger partial charge in [-0.1, -0.05) is 73.7 Å². The van der Waals surface area contributed by atoms with Crippen molar-refractivity contribution in [2.24, 2.45) is 0 Å². The monoisotopic (exact) mass is 576 g/mol. The molecule has 0 radical (unpaired) electrons. The molecule has 212 valence electrons. The Morgan fingerprint density at radius 2 is 1.24 bits per heavy atom. The number of benzene rings is 5. The van der Waals surface area contributed by atoms with Crippen LogP contribution < -0.4 is 0 Å². The lowest BCUT2D eigenvalue weighted by Gasteiger charge is -2.22. The highest BCUT2D eigenvalue weighted by Crippen LogP contribution is 2.37. The van der Waals surface area contributed by atoms with Crippen LogP contribution in [0.1, 0.15) is 49.1 Å². The van der Waals surface area contributed by atoms with Crippen molar-refractivity contribution in [2.45, 2.75) is 44.2 Å². The van der Waals surface area contributed by atoms with Gasteiger partial charge in [-0.2, -0.15) is 13.2 Å². The molecule has 1 fully saturated rings. The van der Waals surface area contributed by atoms with Crippen molar-refractivity contribution in [3.63, 3.8) is 0 Å². The van der Waals surface area contributed by atoms with Crippen LogP contribution in [0, 0.1) is 35.1 Å². The average molecular weight is 577 g/mol. The van der Waals surface area contributed by atoms with Gasteiger partial charge < -0.3 is 0 Å². The number of hydrogen-bond donors (Lipinski definition) is 0. The van der Waals surface area contributed by atoms with Gasteiger partial charge >= 0.3 is 6.18 Å². The van der Waals surface area contributed by atoms with Crippen LogP contribution in [0.2, 0.25) is 0 Å². The van der Waals surface area contributed by atoms with Gasteiger partial charge in [0.15, 0.2) is 0 Å². The van der Waals surface area contributed by atoms with Crippen LogP contribution in [0.3, 0.4) is 0 Å². The molecule has 0 nitrogen and oxygen atoms in total. The smallest absolute Gasteiger partial charge is 0.206 e. The van der Waals surface area contributed by atoms with Crippen molar-refractivity contribution in [1.82, 2.24) is 0 Å². The molecule has 5 aromatic carbocycles. The molecule has 1 aliphatic carbocycles. The second-order valence-electron chi connectivity index (χ2n) is 10.7. The molecule has 0 heterocycles. The zero-order valence-corrected chi connectivity index (χ0v) is 22.2. The van der Waals surface area contributed by atoms with Gasteiger partial charge in [-0.3, -0.25) is 0 Å². The Morgan fingerprint density at radius 1 is 0.595 bits per heavy atom. The molecule has 0 saturated heterocycles. The van der Waals surface area contributed by atoms with E-state index in [2.05, 4.69) is 0 Å². The molecule has 1 saturated carbocycles. The van der Waals surface area contributed by atoms with Gasteiger partial charge in [-0.05, 0) is 70.5 Å². The Bertz CT molecular complexity index is 1900. The second kappa shape index (κ2) is 10.8. The zero-order valence-electron chi connectivity index (χ0n) is 22.2. The minimum Gasteiger partial charge on any atom is -0.206 e. The molecular weight excluding hydrogens is 553 g/mol. The van der Waals surface area contributed by atoms with Crippen molar-refractivity contribution in [1.29, 1.82) is 0 Å². The number of alkyl halides is 3. The summed E-state index contributed by atoms with van der Waals surface area (Å²) in [5, 5.41) is 0.733. The largest absolute Gasteiger partial charge is 0.458 e. The van der Waals surface area contributed by atoms with Gasteiger partial charge in [-0.15, -0.1) is 0 Å². The Labute approximate surface area is 237 Å². The summed E-state index contributed by atoms with van der Waals surface area (Å²) < 4.78 is 97.5. The van der Waals surface area contributed by atoms with E-state index in [0.717, 1.165) is 43.2 Å². The van der Waals surface area contributed by atoms with Crippen LogP contribution in [0.5, 0.6) is 0 Å². The first-order chi connectivity index (χ1) is 20.1. The average Bonchev–Trinajstić information content (AvgIpc) is 2.96. The van der Waals surface area contributed by atoms with E-state index in [1.807, 2.05) is 6.07 Å². The Hall–Kier alpha value is -4.31. The van der Waals surface area contributed by atoms with E-state index in [0.29, 0.717) is 28.0 Å². The lowest BCUT2D eigenvalue weighted by Crippen LogP contribution is -2.05. The molecule has 0 spiro atoms. The second-order valence-corrected chi connectivity index (χ2v) is 10.7. The van der Waals surface area contributed by atoms with Gasteiger partial charge in [-0.25, -0.2) is 17.6 Å². The van der Waals surface area contributed by atoms with Crippen LogP contribution in [0.25, 0.3) is 43.8 Å². The third kappa shape index (κ3) is 5.34. The third-order valence-corrected chi connectivity index (χ3v) is 8.00. The van der Waals surface area contributed by atoms with Crippen LogP contribution in [-0.2, 0) is 0 Å². The summed E-state index contributed by atoms with van der Waals surface area (Å²) in [6.07, 6.45) is 0.750. The van der Waals surface area contributed by atoms with Crippen LogP contribution >= 0.6 is 0 Å². The molecule has 1 aliphatic rings. The third-order valence-electron chi connectivity index (χ3n) is 8.00. The highest BCUT2D eigenvalue weighted by atomic mass is 19.4. The lowest BCUT2D eigenvalue weighted by atomic mass is 9.83. The van der Waals surface area contributed by atoms with Crippen molar-refractivity contribution in [2.75, 3.05) is 0 Å². The van der Waals surface area contributed by atoms with Crippen molar-refractivity contribution in [3.8, 4) is 34.1 Å². The first kappa shape index (κ1) is 27.8. The summed E-state index contributed by atoms with van der Waals surface area (Å²) in [6.45, 7) is 0. The fourth-order valence-electron chi connectivity index (χ4n) is 5.88. The molecule has 42 heavy (non-hydrogen) atoms. The Kier molecular flexibility index (Phi) is 7.18.